The number of carbonyl (C=O) groups is 1. The number of amidine groups is 1. The van der Waals surface area contributed by atoms with Crippen LogP contribution in [0.3, 0.4) is 0 Å². The zero-order valence-corrected chi connectivity index (χ0v) is 16.4. The predicted octanol–water partition coefficient (Wildman–Crippen LogP) is 2.76. The molecule has 0 bridgehead atoms. The second kappa shape index (κ2) is 9.15. The zero-order chi connectivity index (χ0) is 21.7. The normalized spacial score (nSPS) is 11.7. The molecule has 0 saturated carbocycles. The molecule has 1 aromatic heterocycles. The van der Waals surface area contributed by atoms with Crippen LogP contribution in [-0.2, 0) is 16.1 Å². The van der Waals surface area contributed by atoms with E-state index in [1.807, 2.05) is 0 Å². The number of anilines is 1. The van der Waals surface area contributed by atoms with Gasteiger partial charge >= 0.3 is 0 Å². The van der Waals surface area contributed by atoms with Crippen LogP contribution < -0.4 is 16.8 Å². The molecule has 6 N–H and O–H groups in total. The van der Waals surface area contributed by atoms with E-state index >= 15 is 0 Å². The maximum Gasteiger partial charge on any atom is 0.254 e. The van der Waals surface area contributed by atoms with Gasteiger partial charge in [0, 0.05) is 30.3 Å². The highest BCUT2D eigenvalue weighted by molar-refractivity contribution is 5.94. The van der Waals surface area contributed by atoms with E-state index < -0.39 is 17.8 Å². The van der Waals surface area contributed by atoms with E-state index in [2.05, 4.69) is 10.3 Å². The second-order valence-electron chi connectivity index (χ2n) is 6.59. The van der Waals surface area contributed by atoms with Gasteiger partial charge in [0.25, 0.3) is 5.91 Å². The zero-order valence-electron chi connectivity index (χ0n) is 16.4. The number of aromatic nitrogens is 1. The number of benzene rings is 2. The second-order valence-corrected chi connectivity index (χ2v) is 6.59. The first-order valence-electron chi connectivity index (χ1n) is 9.16. The molecular weight excluding hydrogens is 385 g/mol. The highest BCUT2D eigenvalue weighted by Gasteiger charge is 2.27. The molecule has 3 rings (SSSR count). The van der Waals surface area contributed by atoms with Crippen molar-refractivity contribution < 1.29 is 13.9 Å². The minimum atomic E-state index is -1.18. The third kappa shape index (κ3) is 4.61. The van der Waals surface area contributed by atoms with Crippen LogP contribution in [0.15, 0.2) is 60.7 Å². The van der Waals surface area contributed by atoms with Crippen molar-refractivity contribution >= 4 is 17.6 Å². The van der Waals surface area contributed by atoms with Crippen molar-refractivity contribution in [1.29, 1.82) is 5.41 Å². The number of carbonyl (C=O) groups excluding carboxylic acids is 1. The van der Waals surface area contributed by atoms with Gasteiger partial charge < -0.3 is 21.5 Å². The number of nitrogen functional groups attached to an aromatic ring is 2. The fourth-order valence-corrected chi connectivity index (χ4v) is 3.07. The van der Waals surface area contributed by atoms with Crippen LogP contribution in [0.1, 0.15) is 22.8 Å². The summed E-state index contributed by atoms with van der Waals surface area (Å²) < 4.78 is 20.1. The van der Waals surface area contributed by atoms with E-state index in [-0.39, 0.29) is 23.8 Å². The van der Waals surface area contributed by atoms with Gasteiger partial charge in [0.15, 0.2) is 6.10 Å². The number of ether oxygens (including phenoxy) is 1. The fraction of sp³-hybridized carbons (Fsp3) is 0.136. The van der Waals surface area contributed by atoms with Crippen molar-refractivity contribution in [3.05, 3.63) is 83.2 Å². The maximum absolute atomic E-state index is 14.8. The van der Waals surface area contributed by atoms with E-state index in [4.69, 9.17) is 21.6 Å². The molecule has 0 aliphatic rings. The summed E-state index contributed by atoms with van der Waals surface area (Å²) in [4.78, 5) is 17.1. The molecule has 0 fully saturated rings. The lowest BCUT2D eigenvalue weighted by molar-refractivity contribution is -0.131. The number of rotatable bonds is 7. The first kappa shape index (κ1) is 20.9. The Balaban J connectivity index is 1.85. The van der Waals surface area contributed by atoms with E-state index in [9.17, 15) is 9.18 Å². The number of hydrogen-bond acceptors (Lipinski definition) is 5. The lowest BCUT2D eigenvalue weighted by Gasteiger charge is -2.19. The van der Waals surface area contributed by atoms with E-state index in [0.717, 1.165) is 5.56 Å². The lowest BCUT2D eigenvalue weighted by atomic mass is 9.97. The molecule has 3 aromatic rings. The molecule has 0 spiro atoms. The van der Waals surface area contributed by atoms with Crippen molar-refractivity contribution in [2.45, 2.75) is 12.6 Å². The summed E-state index contributed by atoms with van der Waals surface area (Å²) in [5.74, 6) is -0.824. The third-order valence-corrected chi connectivity index (χ3v) is 4.57. The summed E-state index contributed by atoms with van der Waals surface area (Å²) >= 11 is 0. The molecule has 154 valence electrons. The Morgan fingerprint density at radius 2 is 1.87 bits per heavy atom. The van der Waals surface area contributed by atoms with Gasteiger partial charge in [-0.1, -0.05) is 42.5 Å². The Kier molecular flexibility index (Phi) is 6.38. The van der Waals surface area contributed by atoms with Gasteiger partial charge in [-0.05, 0) is 23.8 Å². The number of amides is 1. The number of pyridine rings is 1. The van der Waals surface area contributed by atoms with Crippen LogP contribution in [0, 0.1) is 11.2 Å². The Labute approximate surface area is 173 Å². The molecule has 30 heavy (non-hydrogen) atoms. The van der Waals surface area contributed by atoms with Gasteiger partial charge in [-0.25, -0.2) is 9.37 Å². The molecular formula is C22H22FN5O2. The molecule has 1 heterocycles. The summed E-state index contributed by atoms with van der Waals surface area (Å²) in [5.41, 5.74) is 13.5. The van der Waals surface area contributed by atoms with Crippen LogP contribution >= 0.6 is 0 Å². The lowest BCUT2D eigenvalue weighted by Crippen LogP contribution is -2.31. The number of nitrogens with one attached hydrogen (secondary N) is 2. The molecule has 2 aromatic carbocycles. The highest BCUT2D eigenvalue weighted by Crippen LogP contribution is 2.31. The average Bonchev–Trinajstić information content (AvgIpc) is 2.74. The molecule has 8 heteroatoms. The van der Waals surface area contributed by atoms with Crippen LogP contribution in [0.25, 0.3) is 11.3 Å². The van der Waals surface area contributed by atoms with Crippen molar-refractivity contribution in [1.82, 2.24) is 10.3 Å². The topological polar surface area (TPSA) is 127 Å². The number of nitrogens with two attached hydrogens (primary N) is 2. The fourth-order valence-electron chi connectivity index (χ4n) is 3.07. The van der Waals surface area contributed by atoms with Crippen molar-refractivity contribution in [2.75, 3.05) is 12.8 Å². The van der Waals surface area contributed by atoms with Gasteiger partial charge in [0.05, 0.1) is 5.69 Å². The van der Waals surface area contributed by atoms with Crippen LogP contribution in [-0.4, -0.2) is 23.8 Å². The van der Waals surface area contributed by atoms with Gasteiger partial charge in [-0.3, -0.25) is 10.2 Å². The smallest absolute Gasteiger partial charge is 0.254 e. The van der Waals surface area contributed by atoms with Gasteiger partial charge in [-0.2, -0.15) is 0 Å². The minimum Gasteiger partial charge on any atom is -0.384 e. The van der Waals surface area contributed by atoms with Gasteiger partial charge in [0.2, 0.25) is 0 Å². The van der Waals surface area contributed by atoms with E-state index in [0.29, 0.717) is 16.8 Å². The predicted molar refractivity (Wildman–Crippen MR) is 113 cm³/mol. The molecule has 7 nitrogen and oxygen atoms in total. The molecule has 0 aliphatic carbocycles. The monoisotopic (exact) mass is 407 g/mol. The quantitative estimate of drug-likeness (QED) is 0.354. The van der Waals surface area contributed by atoms with Crippen LogP contribution in [0.4, 0.5) is 10.2 Å². The first-order valence-corrected chi connectivity index (χ1v) is 9.16. The first-order chi connectivity index (χ1) is 14.4. The molecule has 1 unspecified atom stereocenters. The van der Waals surface area contributed by atoms with Crippen molar-refractivity contribution in [3.63, 3.8) is 0 Å². The number of nitrogens with zero attached hydrogens (tertiary/aromatic N) is 1. The Morgan fingerprint density at radius 3 is 2.50 bits per heavy atom. The standard InChI is InChI=1S/C22H22FN5O2/c1-30-20(22(29)27-12-13-8-10-14(11-9-13)21(25)26)19-15(4-2-5-16(19)23)17-6-3-7-18(24)28-17/h2-11,20H,12H2,1H3,(H2,24,28)(H3,25,26)(H,27,29). The van der Waals surface area contributed by atoms with Crippen molar-refractivity contribution in [3.8, 4) is 11.3 Å². The number of halogens is 1. The summed E-state index contributed by atoms with van der Waals surface area (Å²) in [6, 6.07) is 16.4. The highest BCUT2D eigenvalue weighted by atomic mass is 19.1. The summed E-state index contributed by atoms with van der Waals surface area (Å²) in [6.07, 6.45) is -1.18. The largest absolute Gasteiger partial charge is 0.384 e. The number of hydrogen-bond donors (Lipinski definition) is 4. The maximum atomic E-state index is 14.8. The molecule has 0 saturated heterocycles. The van der Waals surface area contributed by atoms with E-state index in [1.54, 1.807) is 54.6 Å². The van der Waals surface area contributed by atoms with Crippen LogP contribution in [0.5, 0.6) is 0 Å². The third-order valence-electron chi connectivity index (χ3n) is 4.57. The van der Waals surface area contributed by atoms with Crippen molar-refractivity contribution in [2.24, 2.45) is 5.73 Å². The number of methoxy groups -OCH3 is 1. The minimum absolute atomic E-state index is 0.0349. The Hall–Kier alpha value is -3.78. The summed E-state index contributed by atoms with van der Waals surface area (Å²) in [6.45, 7) is 0.206. The SMILES string of the molecule is COC(C(=O)NCc1ccc(C(=N)N)cc1)c1c(F)cccc1-c1cccc(N)n1. The summed E-state index contributed by atoms with van der Waals surface area (Å²) in [5, 5.41) is 10.2. The molecule has 0 aliphatic heterocycles. The Morgan fingerprint density at radius 1 is 1.17 bits per heavy atom. The van der Waals surface area contributed by atoms with Gasteiger partial charge in [-0.15, -0.1) is 0 Å². The molecule has 1 atom stereocenters. The van der Waals surface area contributed by atoms with Crippen LogP contribution in [0.2, 0.25) is 0 Å². The molecule has 1 amide bonds. The van der Waals surface area contributed by atoms with E-state index in [1.165, 1.54) is 13.2 Å². The Bertz CT molecular complexity index is 1070. The molecule has 0 radical (unpaired) electrons. The summed E-state index contributed by atoms with van der Waals surface area (Å²) in [7, 11) is 1.34. The average molecular weight is 407 g/mol. The van der Waals surface area contributed by atoms with Gasteiger partial charge in [0.1, 0.15) is 17.5 Å².